The van der Waals surface area contributed by atoms with Gasteiger partial charge in [0, 0.05) is 6.54 Å². The lowest BCUT2D eigenvalue weighted by Crippen LogP contribution is -2.35. The summed E-state index contributed by atoms with van der Waals surface area (Å²) in [5.41, 5.74) is 2.82. The first-order valence-corrected chi connectivity index (χ1v) is 8.69. The Bertz CT molecular complexity index is 920. The van der Waals surface area contributed by atoms with Gasteiger partial charge in [0.2, 0.25) is 0 Å². The molecular weight excluding hydrogens is 342 g/mol. The number of hydrogen-bond acceptors (Lipinski definition) is 4. The Labute approximate surface area is 157 Å². The molecule has 0 saturated heterocycles. The third kappa shape index (κ3) is 4.41. The van der Waals surface area contributed by atoms with Crippen LogP contribution in [0.4, 0.5) is 0 Å². The van der Waals surface area contributed by atoms with E-state index in [1.807, 2.05) is 60.7 Å². The molecule has 1 unspecified atom stereocenters. The zero-order valence-corrected chi connectivity index (χ0v) is 15.3. The molecule has 2 aromatic carbocycles. The summed E-state index contributed by atoms with van der Waals surface area (Å²) in [5, 5.41) is 7.01. The maximum atomic E-state index is 12.4. The molecule has 138 valence electrons. The zero-order valence-electron chi connectivity index (χ0n) is 15.3. The molecule has 0 spiro atoms. The summed E-state index contributed by atoms with van der Waals surface area (Å²) in [4.78, 5) is 24.6. The number of nitrogens with zero attached hydrogens (tertiary/aromatic N) is 2. The van der Waals surface area contributed by atoms with Crippen molar-refractivity contribution in [3.8, 4) is 5.69 Å². The van der Waals surface area contributed by atoms with E-state index in [9.17, 15) is 9.59 Å². The molecule has 1 amide bonds. The van der Waals surface area contributed by atoms with Gasteiger partial charge in [0.25, 0.3) is 5.91 Å². The quantitative estimate of drug-likeness (QED) is 0.683. The van der Waals surface area contributed by atoms with E-state index < -0.39 is 12.1 Å². The lowest BCUT2D eigenvalue weighted by molar-refractivity contribution is -0.129. The topological polar surface area (TPSA) is 73.2 Å². The van der Waals surface area contributed by atoms with Gasteiger partial charge in [-0.15, -0.1) is 0 Å². The number of aromatic nitrogens is 2. The van der Waals surface area contributed by atoms with E-state index in [-0.39, 0.29) is 5.91 Å². The van der Waals surface area contributed by atoms with Gasteiger partial charge in [0.1, 0.15) is 5.56 Å². The van der Waals surface area contributed by atoms with Gasteiger partial charge in [0.15, 0.2) is 6.10 Å². The third-order valence-corrected chi connectivity index (χ3v) is 4.19. The summed E-state index contributed by atoms with van der Waals surface area (Å²) < 4.78 is 6.98. The summed E-state index contributed by atoms with van der Waals surface area (Å²) >= 11 is 0. The van der Waals surface area contributed by atoms with Gasteiger partial charge in [-0.25, -0.2) is 9.48 Å². The van der Waals surface area contributed by atoms with Crippen molar-refractivity contribution in [3.05, 3.63) is 83.7 Å². The molecular formula is C21H21N3O3. The van der Waals surface area contributed by atoms with Crippen molar-refractivity contribution in [1.82, 2.24) is 15.1 Å². The van der Waals surface area contributed by atoms with Crippen LogP contribution in [0.25, 0.3) is 5.69 Å². The normalized spacial score (nSPS) is 11.6. The maximum absolute atomic E-state index is 12.4. The van der Waals surface area contributed by atoms with Crippen LogP contribution in [-0.2, 0) is 16.1 Å². The molecule has 1 aromatic heterocycles. The Morgan fingerprint density at radius 1 is 1.07 bits per heavy atom. The fraction of sp³-hybridized carbons (Fsp3) is 0.190. The van der Waals surface area contributed by atoms with E-state index in [0.717, 1.165) is 11.3 Å². The molecule has 0 bridgehead atoms. The number of amides is 1. The van der Waals surface area contributed by atoms with Gasteiger partial charge in [0.05, 0.1) is 17.6 Å². The average Bonchev–Trinajstić information content (AvgIpc) is 3.09. The van der Waals surface area contributed by atoms with E-state index in [1.54, 1.807) is 18.5 Å². The van der Waals surface area contributed by atoms with E-state index in [2.05, 4.69) is 10.4 Å². The lowest BCUT2D eigenvalue weighted by atomic mass is 10.2. The Balaban J connectivity index is 1.61. The summed E-state index contributed by atoms with van der Waals surface area (Å²) in [6.07, 6.45) is 0.555. The van der Waals surface area contributed by atoms with Crippen LogP contribution < -0.4 is 5.32 Å². The minimum atomic E-state index is -0.902. The van der Waals surface area contributed by atoms with Crippen LogP contribution in [0, 0.1) is 6.92 Å². The van der Waals surface area contributed by atoms with E-state index >= 15 is 0 Å². The van der Waals surface area contributed by atoms with Crippen molar-refractivity contribution in [2.75, 3.05) is 0 Å². The molecule has 3 aromatic rings. The van der Waals surface area contributed by atoms with E-state index in [1.165, 1.54) is 6.20 Å². The largest absolute Gasteiger partial charge is 0.449 e. The first-order valence-electron chi connectivity index (χ1n) is 8.69. The Hall–Kier alpha value is -3.41. The van der Waals surface area contributed by atoms with Crippen LogP contribution in [0.1, 0.15) is 28.5 Å². The van der Waals surface area contributed by atoms with Gasteiger partial charge in [-0.3, -0.25) is 4.79 Å². The highest BCUT2D eigenvalue weighted by Crippen LogP contribution is 2.15. The van der Waals surface area contributed by atoms with Gasteiger partial charge < -0.3 is 10.1 Å². The molecule has 3 rings (SSSR count). The number of hydrogen-bond donors (Lipinski definition) is 1. The lowest BCUT2D eigenvalue weighted by Gasteiger charge is -2.13. The fourth-order valence-electron chi connectivity index (χ4n) is 2.65. The van der Waals surface area contributed by atoms with Crippen LogP contribution in [0.5, 0.6) is 0 Å². The molecule has 0 saturated carbocycles. The molecule has 0 fully saturated rings. The SMILES string of the molecule is Cc1c(C(=O)OC(C)C(=O)NCc2ccccc2)cnn1-c1ccccc1. The summed E-state index contributed by atoms with van der Waals surface area (Å²) in [6, 6.07) is 19.0. The van der Waals surface area contributed by atoms with Gasteiger partial charge >= 0.3 is 5.97 Å². The molecule has 1 N–H and O–H groups in total. The molecule has 6 heteroatoms. The second kappa shape index (κ2) is 8.31. The van der Waals surface area contributed by atoms with E-state index in [4.69, 9.17) is 4.74 Å². The van der Waals surface area contributed by atoms with Gasteiger partial charge in [-0.05, 0) is 31.5 Å². The van der Waals surface area contributed by atoms with Crippen LogP contribution in [0.15, 0.2) is 66.9 Å². The standard InChI is InChI=1S/C21H21N3O3/c1-15-19(14-23-24(15)18-11-7-4-8-12-18)21(26)27-16(2)20(25)22-13-17-9-5-3-6-10-17/h3-12,14,16H,13H2,1-2H3,(H,22,25). The summed E-state index contributed by atoms with van der Waals surface area (Å²) in [6.45, 7) is 3.72. The molecule has 6 nitrogen and oxygen atoms in total. The number of rotatable bonds is 6. The number of ether oxygens (including phenoxy) is 1. The first kappa shape index (κ1) is 18.4. The molecule has 0 aliphatic rings. The zero-order chi connectivity index (χ0) is 19.2. The molecule has 27 heavy (non-hydrogen) atoms. The second-order valence-corrected chi connectivity index (χ2v) is 6.14. The smallest absolute Gasteiger partial charge is 0.342 e. The van der Waals surface area contributed by atoms with Gasteiger partial charge in [-0.1, -0.05) is 48.5 Å². The fourth-order valence-corrected chi connectivity index (χ4v) is 2.65. The average molecular weight is 363 g/mol. The Morgan fingerprint density at radius 2 is 1.70 bits per heavy atom. The highest BCUT2D eigenvalue weighted by molar-refractivity contribution is 5.93. The molecule has 0 aliphatic heterocycles. The number of carbonyl (C=O) groups is 2. The van der Waals surface area contributed by atoms with Crippen LogP contribution >= 0.6 is 0 Å². The van der Waals surface area contributed by atoms with Crippen LogP contribution in [0.2, 0.25) is 0 Å². The van der Waals surface area contributed by atoms with Crippen molar-refractivity contribution >= 4 is 11.9 Å². The van der Waals surface area contributed by atoms with Gasteiger partial charge in [-0.2, -0.15) is 5.10 Å². The monoisotopic (exact) mass is 363 g/mol. The van der Waals surface area contributed by atoms with Crippen LogP contribution in [-0.4, -0.2) is 27.8 Å². The molecule has 1 atom stereocenters. The number of benzene rings is 2. The Morgan fingerprint density at radius 3 is 2.37 bits per heavy atom. The number of esters is 1. The predicted octanol–water partition coefficient (Wildman–Crippen LogP) is 3.04. The predicted molar refractivity (Wildman–Crippen MR) is 101 cm³/mol. The minimum Gasteiger partial charge on any atom is -0.449 e. The van der Waals surface area contributed by atoms with Crippen molar-refractivity contribution < 1.29 is 14.3 Å². The van der Waals surface area contributed by atoms with Crippen molar-refractivity contribution in [3.63, 3.8) is 0 Å². The molecule has 0 radical (unpaired) electrons. The highest BCUT2D eigenvalue weighted by atomic mass is 16.5. The highest BCUT2D eigenvalue weighted by Gasteiger charge is 2.22. The Kier molecular flexibility index (Phi) is 5.66. The van der Waals surface area contributed by atoms with Crippen molar-refractivity contribution in [2.24, 2.45) is 0 Å². The van der Waals surface area contributed by atoms with Crippen LogP contribution in [0.3, 0.4) is 0 Å². The number of nitrogens with one attached hydrogen (secondary N) is 1. The summed E-state index contributed by atoms with van der Waals surface area (Å²) in [5.74, 6) is -0.919. The molecule has 0 aliphatic carbocycles. The van der Waals surface area contributed by atoms with Crippen molar-refractivity contribution in [2.45, 2.75) is 26.5 Å². The summed E-state index contributed by atoms with van der Waals surface area (Å²) in [7, 11) is 0. The molecule has 1 heterocycles. The number of carbonyl (C=O) groups excluding carboxylic acids is 2. The first-order chi connectivity index (χ1) is 13.1. The minimum absolute atomic E-state index is 0.335. The maximum Gasteiger partial charge on any atom is 0.342 e. The van der Waals surface area contributed by atoms with E-state index in [0.29, 0.717) is 17.8 Å². The third-order valence-electron chi connectivity index (χ3n) is 4.19. The van der Waals surface area contributed by atoms with Crippen molar-refractivity contribution in [1.29, 1.82) is 0 Å². The number of para-hydroxylation sites is 1. The second-order valence-electron chi connectivity index (χ2n) is 6.14.